The van der Waals surface area contributed by atoms with Gasteiger partial charge in [-0.15, -0.1) is 12.4 Å². The predicted molar refractivity (Wildman–Crippen MR) is 71.3 cm³/mol. The minimum absolute atomic E-state index is 0. The molecule has 18 heavy (non-hydrogen) atoms. The van der Waals surface area contributed by atoms with Gasteiger partial charge in [0.05, 0.1) is 5.56 Å². The summed E-state index contributed by atoms with van der Waals surface area (Å²) in [6.07, 6.45) is 2.00. The van der Waals surface area contributed by atoms with Gasteiger partial charge in [-0.3, -0.25) is 4.79 Å². The highest BCUT2D eigenvalue weighted by Crippen LogP contribution is 2.18. The lowest BCUT2D eigenvalue weighted by atomic mass is 9.97. The van der Waals surface area contributed by atoms with Gasteiger partial charge in [-0.2, -0.15) is 0 Å². The number of piperidine rings is 1. The van der Waals surface area contributed by atoms with Crippen molar-refractivity contribution >= 4 is 18.3 Å². The van der Waals surface area contributed by atoms with Gasteiger partial charge in [-0.1, -0.05) is 12.1 Å². The van der Waals surface area contributed by atoms with Gasteiger partial charge in [0, 0.05) is 13.1 Å². The van der Waals surface area contributed by atoms with Gasteiger partial charge < -0.3 is 10.6 Å². The molecule has 0 saturated carbocycles. The van der Waals surface area contributed by atoms with Crippen molar-refractivity contribution in [3.63, 3.8) is 0 Å². The number of likely N-dealkylation sites (tertiary alicyclic amines) is 1. The summed E-state index contributed by atoms with van der Waals surface area (Å²) >= 11 is 0. The lowest BCUT2D eigenvalue weighted by Crippen LogP contribution is -2.42. The van der Waals surface area contributed by atoms with Gasteiger partial charge in [0.2, 0.25) is 0 Å². The number of hydrogen-bond acceptors (Lipinski definition) is 2. The molecule has 0 spiro atoms. The zero-order valence-electron chi connectivity index (χ0n) is 10.1. The Kier molecular flexibility index (Phi) is 5.56. The molecule has 1 aromatic carbocycles. The fourth-order valence-corrected chi connectivity index (χ4v) is 2.25. The molecule has 0 aromatic heterocycles. The van der Waals surface area contributed by atoms with Crippen LogP contribution in [-0.4, -0.2) is 30.4 Å². The van der Waals surface area contributed by atoms with E-state index in [1.807, 2.05) is 0 Å². The monoisotopic (exact) mass is 272 g/mol. The van der Waals surface area contributed by atoms with Gasteiger partial charge in [0.25, 0.3) is 5.91 Å². The van der Waals surface area contributed by atoms with E-state index in [2.05, 4.69) is 0 Å². The molecule has 2 N–H and O–H groups in total. The number of nitrogens with two attached hydrogens (primary N) is 1. The first-order chi connectivity index (χ1) is 8.22. The summed E-state index contributed by atoms with van der Waals surface area (Å²) < 4.78 is 13.5. The van der Waals surface area contributed by atoms with Crippen molar-refractivity contribution in [2.24, 2.45) is 11.7 Å². The molecular formula is C13H18ClFN2O. The third-order valence-electron chi connectivity index (χ3n) is 3.24. The summed E-state index contributed by atoms with van der Waals surface area (Å²) in [5.41, 5.74) is 5.78. The summed E-state index contributed by atoms with van der Waals surface area (Å²) in [7, 11) is 0. The van der Waals surface area contributed by atoms with E-state index < -0.39 is 5.82 Å². The molecule has 1 heterocycles. The van der Waals surface area contributed by atoms with Crippen LogP contribution in [0.4, 0.5) is 4.39 Å². The molecule has 1 aliphatic rings. The Morgan fingerprint density at radius 2 is 2.17 bits per heavy atom. The van der Waals surface area contributed by atoms with Gasteiger partial charge in [-0.25, -0.2) is 4.39 Å². The minimum Gasteiger partial charge on any atom is -0.338 e. The maximum absolute atomic E-state index is 13.5. The molecule has 1 fully saturated rings. The Morgan fingerprint density at radius 3 is 2.83 bits per heavy atom. The molecule has 0 radical (unpaired) electrons. The third kappa shape index (κ3) is 3.21. The molecule has 3 nitrogen and oxygen atoms in total. The maximum atomic E-state index is 13.5. The van der Waals surface area contributed by atoms with Crippen LogP contribution in [0.15, 0.2) is 24.3 Å². The molecule has 1 saturated heterocycles. The number of halogens is 2. The Bertz CT molecular complexity index is 414. The normalized spacial score (nSPS) is 19.2. The van der Waals surface area contributed by atoms with E-state index in [1.165, 1.54) is 12.1 Å². The molecule has 1 atom stereocenters. The van der Waals surface area contributed by atoms with Gasteiger partial charge >= 0.3 is 0 Å². The van der Waals surface area contributed by atoms with Gasteiger partial charge in [-0.05, 0) is 37.4 Å². The smallest absolute Gasteiger partial charge is 0.256 e. The largest absolute Gasteiger partial charge is 0.338 e. The van der Waals surface area contributed by atoms with Crippen molar-refractivity contribution in [3.05, 3.63) is 35.6 Å². The number of nitrogens with zero attached hydrogens (tertiary/aromatic N) is 1. The number of rotatable bonds is 2. The van der Waals surface area contributed by atoms with E-state index in [0.717, 1.165) is 12.8 Å². The number of carbonyl (C=O) groups excluding carboxylic acids is 1. The summed E-state index contributed by atoms with van der Waals surface area (Å²) in [6, 6.07) is 6.12. The lowest BCUT2D eigenvalue weighted by Gasteiger charge is -2.32. The second-order valence-electron chi connectivity index (χ2n) is 4.47. The van der Waals surface area contributed by atoms with Crippen LogP contribution in [-0.2, 0) is 0 Å². The Morgan fingerprint density at radius 1 is 1.44 bits per heavy atom. The van der Waals surface area contributed by atoms with Gasteiger partial charge in [0.15, 0.2) is 0 Å². The quantitative estimate of drug-likeness (QED) is 0.896. The molecular weight excluding hydrogens is 255 g/mol. The first kappa shape index (κ1) is 14.9. The van der Waals surface area contributed by atoms with Crippen LogP contribution >= 0.6 is 12.4 Å². The van der Waals surface area contributed by atoms with Gasteiger partial charge in [0.1, 0.15) is 5.82 Å². The molecule has 0 bridgehead atoms. The summed E-state index contributed by atoms with van der Waals surface area (Å²) in [4.78, 5) is 13.8. The highest BCUT2D eigenvalue weighted by molar-refractivity contribution is 5.94. The van der Waals surface area contributed by atoms with Crippen molar-refractivity contribution in [1.82, 2.24) is 4.90 Å². The molecule has 1 aromatic rings. The second kappa shape index (κ2) is 6.71. The number of benzene rings is 1. The van der Waals surface area contributed by atoms with Crippen molar-refractivity contribution in [1.29, 1.82) is 0 Å². The van der Waals surface area contributed by atoms with Crippen LogP contribution in [0.1, 0.15) is 23.2 Å². The summed E-state index contributed by atoms with van der Waals surface area (Å²) in [6.45, 7) is 1.92. The average molecular weight is 273 g/mol. The van der Waals surface area contributed by atoms with Crippen molar-refractivity contribution in [2.75, 3.05) is 19.6 Å². The first-order valence-corrected chi connectivity index (χ1v) is 5.96. The molecule has 1 unspecified atom stereocenters. The van der Waals surface area contributed by atoms with Crippen molar-refractivity contribution in [2.45, 2.75) is 12.8 Å². The first-order valence-electron chi connectivity index (χ1n) is 5.96. The average Bonchev–Trinajstić information content (AvgIpc) is 2.38. The Hall–Kier alpha value is -1.13. The van der Waals surface area contributed by atoms with Crippen LogP contribution in [0, 0.1) is 11.7 Å². The number of hydrogen-bond donors (Lipinski definition) is 1. The molecule has 5 heteroatoms. The fraction of sp³-hybridized carbons (Fsp3) is 0.462. The molecule has 1 aliphatic heterocycles. The number of amides is 1. The van der Waals surface area contributed by atoms with E-state index >= 15 is 0 Å². The maximum Gasteiger partial charge on any atom is 0.256 e. The highest BCUT2D eigenvalue weighted by Gasteiger charge is 2.24. The lowest BCUT2D eigenvalue weighted by molar-refractivity contribution is 0.0673. The second-order valence-corrected chi connectivity index (χ2v) is 4.47. The van der Waals surface area contributed by atoms with Crippen LogP contribution in [0.3, 0.4) is 0 Å². The zero-order valence-corrected chi connectivity index (χ0v) is 11.0. The highest BCUT2D eigenvalue weighted by atomic mass is 35.5. The van der Waals surface area contributed by atoms with Crippen LogP contribution in [0.5, 0.6) is 0 Å². The van der Waals surface area contributed by atoms with Crippen molar-refractivity contribution in [3.8, 4) is 0 Å². The molecule has 2 rings (SSSR count). The minimum atomic E-state index is -0.452. The van der Waals surface area contributed by atoms with E-state index in [-0.39, 0.29) is 23.9 Å². The zero-order chi connectivity index (χ0) is 12.3. The van der Waals surface area contributed by atoms with Crippen molar-refractivity contribution < 1.29 is 9.18 Å². The standard InChI is InChI=1S/C13H17FN2O.ClH/c14-12-6-2-1-5-11(12)13(17)16-7-3-4-10(8-15)9-16;/h1-2,5-6,10H,3-4,7-9,15H2;1H. The van der Waals surface area contributed by atoms with E-state index in [9.17, 15) is 9.18 Å². The molecule has 100 valence electrons. The van der Waals surface area contributed by atoms with E-state index in [0.29, 0.717) is 25.6 Å². The van der Waals surface area contributed by atoms with Crippen LogP contribution < -0.4 is 5.73 Å². The molecule has 1 amide bonds. The fourth-order valence-electron chi connectivity index (χ4n) is 2.25. The Balaban J connectivity index is 0.00000162. The van der Waals surface area contributed by atoms with E-state index in [1.54, 1.807) is 17.0 Å². The third-order valence-corrected chi connectivity index (χ3v) is 3.24. The van der Waals surface area contributed by atoms with Crippen LogP contribution in [0.2, 0.25) is 0 Å². The van der Waals surface area contributed by atoms with E-state index in [4.69, 9.17) is 5.73 Å². The summed E-state index contributed by atoms with van der Waals surface area (Å²) in [5.74, 6) is -0.326. The molecule has 0 aliphatic carbocycles. The Labute approximate surface area is 113 Å². The number of carbonyl (C=O) groups is 1. The van der Waals surface area contributed by atoms with Crippen LogP contribution in [0.25, 0.3) is 0 Å². The SMILES string of the molecule is Cl.NCC1CCCN(C(=O)c2ccccc2F)C1. The summed E-state index contributed by atoms with van der Waals surface area (Å²) in [5, 5.41) is 0. The topological polar surface area (TPSA) is 46.3 Å². The predicted octanol–water partition coefficient (Wildman–Crippen LogP) is 2.06.